The minimum atomic E-state index is 0.00387. The molecule has 0 bridgehead atoms. The Balaban J connectivity index is 1.90. The molecule has 94 valence electrons. The van der Waals surface area contributed by atoms with E-state index in [0.29, 0.717) is 6.54 Å². The lowest BCUT2D eigenvalue weighted by atomic mass is 10.0. The average molecular weight is 273 g/mol. The molecule has 1 fully saturated rings. The molecule has 1 saturated heterocycles. The van der Waals surface area contributed by atoms with Crippen molar-refractivity contribution in [3.8, 4) is 0 Å². The monoisotopic (exact) mass is 272 g/mol. The highest BCUT2D eigenvalue weighted by molar-refractivity contribution is 7.16. The van der Waals surface area contributed by atoms with Crippen LogP contribution in [0.1, 0.15) is 24.1 Å². The van der Waals surface area contributed by atoms with Crippen LogP contribution < -0.4 is 5.32 Å². The van der Waals surface area contributed by atoms with Gasteiger partial charge >= 0.3 is 0 Å². The van der Waals surface area contributed by atoms with Gasteiger partial charge in [-0.3, -0.25) is 4.79 Å². The molecule has 0 radical (unpaired) electrons. The first-order valence-corrected chi connectivity index (χ1v) is 7.09. The fourth-order valence-corrected chi connectivity index (χ4v) is 3.22. The van der Waals surface area contributed by atoms with E-state index in [-0.39, 0.29) is 11.9 Å². The Morgan fingerprint density at radius 1 is 1.59 bits per heavy atom. The number of thiophene rings is 1. The molecule has 0 spiro atoms. The molecule has 1 atom stereocenters. The maximum absolute atomic E-state index is 12.1. The third kappa shape index (κ3) is 3.44. The quantitative estimate of drug-likeness (QED) is 0.917. The van der Waals surface area contributed by atoms with Crippen molar-refractivity contribution in [2.45, 2.75) is 31.8 Å². The second kappa shape index (κ2) is 5.85. The maximum atomic E-state index is 12.1. The van der Waals surface area contributed by atoms with Gasteiger partial charge in [-0.05, 0) is 31.5 Å². The number of amides is 1. The average Bonchev–Trinajstić information content (AvgIpc) is 2.75. The number of nitrogens with one attached hydrogen (secondary N) is 1. The highest BCUT2D eigenvalue weighted by Crippen LogP contribution is 2.22. The van der Waals surface area contributed by atoms with Crippen LogP contribution in [0, 0.1) is 0 Å². The first-order valence-electron chi connectivity index (χ1n) is 5.89. The zero-order valence-electron chi connectivity index (χ0n) is 9.91. The Kier molecular flexibility index (Phi) is 4.42. The molecule has 17 heavy (non-hydrogen) atoms. The number of carbonyl (C=O) groups is 1. The number of hydrogen-bond donors (Lipinski definition) is 1. The largest absolute Gasteiger partial charge is 0.339 e. The van der Waals surface area contributed by atoms with Crippen molar-refractivity contribution < 1.29 is 4.79 Å². The summed E-state index contributed by atoms with van der Waals surface area (Å²) in [6, 6.07) is 3.85. The van der Waals surface area contributed by atoms with Crippen LogP contribution in [0.15, 0.2) is 12.1 Å². The van der Waals surface area contributed by atoms with Gasteiger partial charge in [0.15, 0.2) is 0 Å². The van der Waals surface area contributed by atoms with E-state index in [1.807, 2.05) is 19.2 Å². The van der Waals surface area contributed by atoms with Crippen molar-refractivity contribution in [3.63, 3.8) is 0 Å². The van der Waals surface area contributed by atoms with Crippen molar-refractivity contribution in [1.82, 2.24) is 10.2 Å². The SMILES string of the molecule is CN(Cc1ccc(Cl)s1)C(=O)C1CCCCN1. The van der Waals surface area contributed by atoms with Crippen molar-refractivity contribution >= 4 is 28.8 Å². The molecule has 1 aliphatic heterocycles. The molecule has 0 aliphatic carbocycles. The van der Waals surface area contributed by atoms with Crippen LogP contribution in [-0.2, 0) is 11.3 Å². The summed E-state index contributed by atoms with van der Waals surface area (Å²) in [5.41, 5.74) is 0. The molecule has 3 nitrogen and oxygen atoms in total. The summed E-state index contributed by atoms with van der Waals surface area (Å²) in [5, 5.41) is 3.28. The van der Waals surface area contributed by atoms with Gasteiger partial charge in [-0.2, -0.15) is 0 Å². The summed E-state index contributed by atoms with van der Waals surface area (Å²) in [6.07, 6.45) is 3.27. The van der Waals surface area contributed by atoms with Gasteiger partial charge in [0.25, 0.3) is 0 Å². The summed E-state index contributed by atoms with van der Waals surface area (Å²) in [4.78, 5) is 15.1. The van der Waals surface area contributed by atoms with Crippen molar-refractivity contribution in [3.05, 3.63) is 21.3 Å². The van der Waals surface area contributed by atoms with Crippen LogP contribution in [-0.4, -0.2) is 30.4 Å². The first-order chi connectivity index (χ1) is 8.16. The van der Waals surface area contributed by atoms with E-state index < -0.39 is 0 Å². The summed E-state index contributed by atoms with van der Waals surface area (Å²) in [5.74, 6) is 0.189. The van der Waals surface area contributed by atoms with Gasteiger partial charge in [-0.1, -0.05) is 18.0 Å². The number of hydrogen-bond acceptors (Lipinski definition) is 3. The Morgan fingerprint density at radius 2 is 2.41 bits per heavy atom. The van der Waals surface area contributed by atoms with Crippen LogP contribution in [0.5, 0.6) is 0 Å². The lowest BCUT2D eigenvalue weighted by Crippen LogP contribution is -2.46. The summed E-state index contributed by atoms with van der Waals surface area (Å²) >= 11 is 7.41. The number of rotatable bonds is 3. The van der Waals surface area contributed by atoms with Crippen LogP contribution in [0.25, 0.3) is 0 Å². The van der Waals surface area contributed by atoms with E-state index in [9.17, 15) is 4.79 Å². The lowest BCUT2D eigenvalue weighted by Gasteiger charge is -2.27. The third-order valence-corrected chi connectivity index (χ3v) is 4.22. The molecule has 1 unspecified atom stereocenters. The number of likely N-dealkylation sites (N-methyl/N-ethyl adjacent to an activating group) is 1. The minimum Gasteiger partial charge on any atom is -0.339 e. The Hall–Kier alpha value is -0.580. The van der Waals surface area contributed by atoms with E-state index in [2.05, 4.69) is 5.32 Å². The molecule has 1 N–H and O–H groups in total. The molecule has 5 heteroatoms. The van der Waals surface area contributed by atoms with Crippen molar-refractivity contribution in [2.75, 3.05) is 13.6 Å². The summed E-state index contributed by atoms with van der Waals surface area (Å²) in [6.45, 7) is 1.60. The van der Waals surface area contributed by atoms with Gasteiger partial charge in [-0.25, -0.2) is 0 Å². The maximum Gasteiger partial charge on any atom is 0.239 e. The highest BCUT2D eigenvalue weighted by atomic mass is 35.5. The normalized spacial score (nSPS) is 20.2. The highest BCUT2D eigenvalue weighted by Gasteiger charge is 2.23. The fourth-order valence-electron chi connectivity index (χ4n) is 2.08. The molecule has 2 heterocycles. The van der Waals surface area contributed by atoms with E-state index in [4.69, 9.17) is 11.6 Å². The Bertz CT molecular complexity index is 388. The topological polar surface area (TPSA) is 32.3 Å². The molecule has 1 amide bonds. The van der Waals surface area contributed by atoms with Crippen molar-refractivity contribution in [2.24, 2.45) is 0 Å². The Labute approximate surface area is 111 Å². The second-order valence-electron chi connectivity index (χ2n) is 4.40. The van der Waals surface area contributed by atoms with E-state index >= 15 is 0 Å². The molecular weight excluding hydrogens is 256 g/mol. The predicted octanol–water partition coefficient (Wildman–Crippen LogP) is 2.50. The molecule has 0 saturated carbocycles. The van der Waals surface area contributed by atoms with E-state index in [1.54, 1.807) is 4.90 Å². The smallest absolute Gasteiger partial charge is 0.239 e. The van der Waals surface area contributed by atoms with E-state index in [0.717, 1.165) is 28.6 Å². The van der Waals surface area contributed by atoms with Crippen LogP contribution in [0.3, 0.4) is 0 Å². The Morgan fingerprint density at radius 3 is 3.00 bits per heavy atom. The number of piperidine rings is 1. The standard InChI is InChI=1S/C12H17ClN2OS/c1-15(8-9-5-6-11(13)17-9)12(16)10-4-2-3-7-14-10/h5-6,10,14H,2-4,7-8H2,1H3. The van der Waals surface area contributed by atoms with Crippen LogP contribution in [0.4, 0.5) is 0 Å². The number of carbonyl (C=O) groups excluding carboxylic acids is 1. The van der Waals surface area contributed by atoms with Gasteiger partial charge in [0.1, 0.15) is 0 Å². The molecule has 1 aromatic rings. The molecule has 1 aromatic heterocycles. The zero-order valence-corrected chi connectivity index (χ0v) is 11.5. The minimum absolute atomic E-state index is 0.00387. The molecule has 2 rings (SSSR count). The van der Waals surface area contributed by atoms with Crippen molar-refractivity contribution in [1.29, 1.82) is 0 Å². The van der Waals surface area contributed by atoms with Gasteiger partial charge in [0.05, 0.1) is 16.9 Å². The van der Waals surface area contributed by atoms with Gasteiger partial charge in [-0.15, -0.1) is 11.3 Å². The lowest BCUT2D eigenvalue weighted by molar-refractivity contribution is -0.133. The van der Waals surface area contributed by atoms with Gasteiger partial charge in [0.2, 0.25) is 5.91 Å². The molecular formula is C12H17ClN2OS. The summed E-state index contributed by atoms with van der Waals surface area (Å²) in [7, 11) is 1.85. The molecule has 1 aliphatic rings. The number of halogens is 1. The first kappa shape index (κ1) is 12.9. The second-order valence-corrected chi connectivity index (χ2v) is 6.20. The van der Waals surface area contributed by atoms with Crippen LogP contribution >= 0.6 is 22.9 Å². The fraction of sp³-hybridized carbons (Fsp3) is 0.583. The predicted molar refractivity (Wildman–Crippen MR) is 71.4 cm³/mol. The zero-order chi connectivity index (χ0) is 12.3. The van der Waals surface area contributed by atoms with Crippen LogP contribution in [0.2, 0.25) is 4.34 Å². The third-order valence-electron chi connectivity index (χ3n) is 3.01. The van der Waals surface area contributed by atoms with E-state index in [1.165, 1.54) is 17.8 Å². The number of nitrogens with zero attached hydrogens (tertiary/aromatic N) is 1. The van der Waals surface area contributed by atoms with Gasteiger partial charge in [0, 0.05) is 11.9 Å². The molecule has 0 aromatic carbocycles. The van der Waals surface area contributed by atoms with Gasteiger partial charge < -0.3 is 10.2 Å². The summed E-state index contributed by atoms with van der Waals surface area (Å²) < 4.78 is 0.775.